The molecule has 0 N–H and O–H groups in total. The number of carboxylic acid groups (broad SMARTS) is 1. The molecule has 3 rings (SSSR count). The standard InChI is InChI=1S/C16H14N2O2/c1-11-17-14-9-13(16(19)20)7-8-15(14)18(11)10-12-5-3-2-4-6-12/h2-9H,10H2,1H3,(H,19,20)/p-1. The zero-order valence-electron chi connectivity index (χ0n) is 11.0. The highest BCUT2D eigenvalue weighted by atomic mass is 16.4. The van der Waals surface area contributed by atoms with Crippen molar-refractivity contribution in [1.29, 1.82) is 0 Å². The van der Waals surface area contributed by atoms with Crippen LogP contribution in [0.5, 0.6) is 0 Å². The summed E-state index contributed by atoms with van der Waals surface area (Å²) < 4.78 is 2.07. The second-order valence-electron chi connectivity index (χ2n) is 4.72. The Labute approximate surface area is 116 Å². The Hall–Kier alpha value is -2.62. The molecule has 0 saturated heterocycles. The summed E-state index contributed by atoms with van der Waals surface area (Å²) in [6.45, 7) is 2.63. The third-order valence-electron chi connectivity index (χ3n) is 3.36. The average molecular weight is 265 g/mol. The van der Waals surface area contributed by atoms with Gasteiger partial charge in [-0.1, -0.05) is 36.4 Å². The molecule has 0 bridgehead atoms. The largest absolute Gasteiger partial charge is 0.545 e. The number of aromatic nitrogens is 2. The average Bonchev–Trinajstić information content (AvgIpc) is 2.75. The van der Waals surface area contributed by atoms with Crippen LogP contribution in [-0.2, 0) is 6.54 Å². The maximum Gasteiger partial charge on any atom is 0.107 e. The molecule has 0 unspecified atom stereocenters. The fourth-order valence-electron chi connectivity index (χ4n) is 2.34. The second kappa shape index (κ2) is 4.81. The molecule has 0 aliphatic heterocycles. The Balaban J connectivity index is 2.07. The molecule has 1 aromatic heterocycles. The van der Waals surface area contributed by atoms with Crippen molar-refractivity contribution in [1.82, 2.24) is 9.55 Å². The molecule has 20 heavy (non-hydrogen) atoms. The third-order valence-corrected chi connectivity index (χ3v) is 3.36. The van der Waals surface area contributed by atoms with Crippen molar-refractivity contribution in [2.75, 3.05) is 0 Å². The number of hydrogen-bond donors (Lipinski definition) is 0. The molecule has 2 aromatic carbocycles. The number of rotatable bonds is 3. The molecule has 0 radical (unpaired) electrons. The minimum Gasteiger partial charge on any atom is -0.545 e. The molecule has 4 heteroatoms. The zero-order chi connectivity index (χ0) is 14.1. The molecule has 1 heterocycles. The van der Waals surface area contributed by atoms with Crippen LogP contribution in [0.1, 0.15) is 21.7 Å². The highest BCUT2D eigenvalue weighted by molar-refractivity contribution is 5.91. The molecule has 4 nitrogen and oxygen atoms in total. The van der Waals surface area contributed by atoms with E-state index in [0.717, 1.165) is 11.3 Å². The number of benzene rings is 2. The molecule has 0 aliphatic carbocycles. The van der Waals surface area contributed by atoms with Crippen LogP contribution in [0, 0.1) is 6.92 Å². The van der Waals surface area contributed by atoms with Crippen LogP contribution in [-0.4, -0.2) is 15.5 Å². The lowest BCUT2D eigenvalue weighted by atomic mass is 10.2. The highest BCUT2D eigenvalue weighted by Crippen LogP contribution is 2.19. The third kappa shape index (κ3) is 2.16. The van der Waals surface area contributed by atoms with E-state index in [1.165, 1.54) is 5.56 Å². The van der Waals surface area contributed by atoms with Crippen LogP contribution >= 0.6 is 0 Å². The fraction of sp³-hybridized carbons (Fsp3) is 0.125. The second-order valence-corrected chi connectivity index (χ2v) is 4.72. The van der Waals surface area contributed by atoms with Gasteiger partial charge in [-0.15, -0.1) is 0 Å². The van der Waals surface area contributed by atoms with Gasteiger partial charge >= 0.3 is 0 Å². The molecule has 0 saturated carbocycles. The van der Waals surface area contributed by atoms with E-state index in [1.807, 2.05) is 25.1 Å². The molecule has 0 amide bonds. The van der Waals surface area contributed by atoms with Crippen molar-refractivity contribution in [3.8, 4) is 0 Å². The van der Waals surface area contributed by atoms with Gasteiger partial charge in [0.25, 0.3) is 0 Å². The first kappa shape index (κ1) is 12.4. The summed E-state index contributed by atoms with van der Waals surface area (Å²) in [6.07, 6.45) is 0. The molecule has 0 fully saturated rings. The van der Waals surface area contributed by atoms with Gasteiger partial charge in [-0.05, 0) is 30.2 Å². The number of aryl methyl sites for hydroxylation is 1. The molecule has 0 aliphatic rings. The number of aromatic carboxylic acids is 1. The molecule has 0 atom stereocenters. The Bertz CT molecular complexity index is 776. The molecule has 0 spiro atoms. The molecular weight excluding hydrogens is 252 g/mol. The quantitative estimate of drug-likeness (QED) is 0.725. The van der Waals surface area contributed by atoms with Crippen molar-refractivity contribution < 1.29 is 9.90 Å². The summed E-state index contributed by atoms with van der Waals surface area (Å²) in [6, 6.07) is 15.0. The summed E-state index contributed by atoms with van der Waals surface area (Å²) in [5, 5.41) is 10.9. The minimum absolute atomic E-state index is 0.155. The summed E-state index contributed by atoms with van der Waals surface area (Å²) in [5.41, 5.74) is 2.94. The number of imidazole rings is 1. The van der Waals surface area contributed by atoms with Gasteiger partial charge in [-0.2, -0.15) is 0 Å². The number of carbonyl (C=O) groups is 1. The summed E-state index contributed by atoms with van der Waals surface area (Å²) in [5.74, 6) is -0.318. The lowest BCUT2D eigenvalue weighted by Crippen LogP contribution is -2.22. The van der Waals surface area contributed by atoms with Crippen LogP contribution < -0.4 is 5.11 Å². The molecular formula is C16H13N2O2-. The molecule has 3 aromatic rings. The summed E-state index contributed by atoms with van der Waals surface area (Å²) in [7, 11) is 0. The van der Waals surface area contributed by atoms with Crippen molar-refractivity contribution in [3.05, 3.63) is 65.5 Å². The maximum atomic E-state index is 10.9. The molecule has 100 valence electrons. The van der Waals surface area contributed by atoms with E-state index in [-0.39, 0.29) is 5.56 Å². The van der Waals surface area contributed by atoms with Crippen LogP contribution in [0.4, 0.5) is 0 Å². The van der Waals surface area contributed by atoms with Crippen molar-refractivity contribution in [3.63, 3.8) is 0 Å². The Kier molecular flexibility index (Phi) is 2.99. The first-order chi connectivity index (χ1) is 9.65. The van der Waals surface area contributed by atoms with Gasteiger partial charge in [0, 0.05) is 6.54 Å². The SMILES string of the molecule is Cc1nc2cc(C(=O)[O-])ccc2n1Cc1ccccc1. The van der Waals surface area contributed by atoms with Gasteiger partial charge in [0.15, 0.2) is 0 Å². The monoisotopic (exact) mass is 265 g/mol. The number of carboxylic acids is 1. The smallest absolute Gasteiger partial charge is 0.107 e. The number of carbonyl (C=O) groups excluding carboxylic acids is 1. The van der Waals surface area contributed by atoms with Crippen LogP contribution in [0.3, 0.4) is 0 Å². The van der Waals surface area contributed by atoms with Crippen LogP contribution in [0.2, 0.25) is 0 Å². The summed E-state index contributed by atoms with van der Waals surface area (Å²) >= 11 is 0. The lowest BCUT2D eigenvalue weighted by Gasteiger charge is -2.07. The van der Waals surface area contributed by atoms with Crippen LogP contribution in [0.25, 0.3) is 11.0 Å². The zero-order valence-corrected chi connectivity index (χ0v) is 11.0. The van der Waals surface area contributed by atoms with E-state index in [2.05, 4.69) is 21.7 Å². The van der Waals surface area contributed by atoms with Gasteiger partial charge in [-0.3, -0.25) is 0 Å². The van der Waals surface area contributed by atoms with E-state index in [0.29, 0.717) is 12.1 Å². The van der Waals surface area contributed by atoms with E-state index in [9.17, 15) is 9.90 Å². The predicted molar refractivity (Wildman–Crippen MR) is 74.3 cm³/mol. The van der Waals surface area contributed by atoms with E-state index >= 15 is 0 Å². The highest BCUT2D eigenvalue weighted by Gasteiger charge is 2.08. The minimum atomic E-state index is -1.18. The number of nitrogens with zero attached hydrogens (tertiary/aromatic N) is 2. The van der Waals surface area contributed by atoms with Gasteiger partial charge in [0.05, 0.1) is 17.0 Å². The lowest BCUT2D eigenvalue weighted by molar-refractivity contribution is -0.255. The van der Waals surface area contributed by atoms with Crippen molar-refractivity contribution in [2.24, 2.45) is 0 Å². The Morgan fingerprint density at radius 2 is 1.95 bits per heavy atom. The first-order valence-electron chi connectivity index (χ1n) is 6.37. The maximum absolute atomic E-state index is 10.9. The van der Waals surface area contributed by atoms with Crippen LogP contribution in [0.15, 0.2) is 48.5 Å². The Morgan fingerprint density at radius 1 is 1.20 bits per heavy atom. The van der Waals surface area contributed by atoms with Gasteiger partial charge < -0.3 is 14.5 Å². The Morgan fingerprint density at radius 3 is 2.65 bits per heavy atom. The topological polar surface area (TPSA) is 57.9 Å². The summed E-state index contributed by atoms with van der Waals surface area (Å²) in [4.78, 5) is 15.3. The number of hydrogen-bond acceptors (Lipinski definition) is 3. The number of fused-ring (bicyclic) bond motifs is 1. The predicted octanol–water partition coefficient (Wildman–Crippen LogP) is 1.76. The normalized spacial score (nSPS) is 10.8. The van der Waals surface area contributed by atoms with Gasteiger partial charge in [0.2, 0.25) is 0 Å². The van der Waals surface area contributed by atoms with Gasteiger partial charge in [0.1, 0.15) is 5.82 Å². The fourth-order valence-corrected chi connectivity index (χ4v) is 2.34. The van der Waals surface area contributed by atoms with E-state index in [1.54, 1.807) is 18.2 Å². The van der Waals surface area contributed by atoms with E-state index < -0.39 is 5.97 Å². The first-order valence-corrected chi connectivity index (χ1v) is 6.37. The van der Waals surface area contributed by atoms with E-state index in [4.69, 9.17) is 0 Å². The van der Waals surface area contributed by atoms with Gasteiger partial charge in [-0.25, -0.2) is 4.98 Å². The van der Waals surface area contributed by atoms with Crippen molar-refractivity contribution in [2.45, 2.75) is 13.5 Å². The van der Waals surface area contributed by atoms with Crippen molar-refractivity contribution >= 4 is 17.0 Å².